The third-order valence-electron chi connectivity index (χ3n) is 5.48. The van der Waals surface area contributed by atoms with E-state index in [0.717, 1.165) is 38.4 Å². The highest BCUT2D eigenvalue weighted by molar-refractivity contribution is 7.90. The summed E-state index contributed by atoms with van der Waals surface area (Å²) in [5.41, 5.74) is -0.0541. The maximum Gasteiger partial charge on any atom is 0.340 e. The van der Waals surface area contributed by atoms with E-state index in [4.69, 9.17) is 16.3 Å². The SMILES string of the molecule is CS(=O)(=O)c1ccc(Cl)c(C(=O)OCC(=O)N2CCC[C@H]3CCCC[C@H]32)c1. The zero-order chi connectivity index (χ0) is 19.6. The van der Waals surface area contributed by atoms with Gasteiger partial charge in [-0.1, -0.05) is 24.4 Å². The first-order chi connectivity index (χ1) is 12.8. The number of hydrogen-bond donors (Lipinski definition) is 0. The maximum absolute atomic E-state index is 12.6. The van der Waals surface area contributed by atoms with Crippen LogP contribution in [-0.2, 0) is 19.4 Å². The monoisotopic (exact) mass is 413 g/mol. The number of piperidine rings is 1. The molecule has 3 rings (SSSR count). The molecule has 2 fully saturated rings. The van der Waals surface area contributed by atoms with E-state index in [2.05, 4.69) is 0 Å². The second-order valence-electron chi connectivity index (χ2n) is 7.33. The fourth-order valence-electron chi connectivity index (χ4n) is 4.11. The van der Waals surface area contributed by atoms with Gasteiger partial charge in [0.25, 0.3) is 5.91 Å². The van der Waals surface area contributed by atoms with Crippen molar-refractivity contribution in [3.05, 3.63) is 28.8 Å². The summed E-state index contributed by atoms with van der Waals surface area (Å²) in [7, 11) is -3.48. The Bertz CT molecular complexity index is 837. The van der Waals surface area contributed by atoms with Crippen molar-refractivity contribution in [3.8, 4) is 0 Å². The summed E-state index contributed by atoms with van der Waals surface area (Å²) in [6, 6.07) is 4.10. The van der Waals surface area contributed by atoms with E-state index in [1.54, 1.807) is 0 Å². The molecule has 1 saturated carbocycles. The van der Waals surface area contributed by atoms with Crippen LogP contribution in [0.1, 0.15) is 48.9 Å². The fraction of sp³-hybridized carbons (Fsp3) is 0.579. The van der Waals surface area contributed by atoms with Crippen molar-refractivity contribution in [2.75, 3.05) is 19.4 Å². The molecule has 0 unspecified atom stereocenters. The molecule has 1 heterocycles. The number of rotatable bonds is 4. The van der Waals surface area contributed by atoms with Gasteiger partial charge in [0, 0.05) is 18.8 Å². The molecule has 1 amide bonds. The second kappa shape index (κ2) is 8.19. The molecule has 6 nitrogen and oxygen atoms in total. The smallest absolute Gasteiger partial charge is 0.340 e. The molecule has 0 aromatic heterocycles. The number of amides is 1. The largest absolute Gasteiger partial charge is 0.452 e. The van der Waals surface area contributed by atoms with Gasteiger partial charge in [0.1, 0.15) is 0 Å². The zero-order valence-corrected chi connectivity index (χ0v) is 16.9. The summed E-state index contributed by atoms with van der Waals surface area (Å²) in [5.74, 6) is -0.445. The van der Waals surface area contributed by atoms with Gasteiger partial charge in [0.15, 0.2) is 16.4 Å². The lowest BCUT2D eigenvalue weighted by atomic mass is 9.78. The average molecular weight is 414 g/mol. The molecule has 1 aromatic rings. The lowest BCUT2D eigenvalue weighted by Gasteiger charge is -2.44. The molecule has 0 spiro atoms. The van der Waals surface area contributed by atoms with Crippen molar-refractivity contribution < 1.29 is 22.7 Å². The molecule has 27 heavy (non-hydrogen) atoms. The quantitative estimate of drug-likeness (QED) is 0.708. The highest BCUT2D eigenvalue weighted by Gasteiger charge is 2.35. The molecule has 1 aliphatic heterocycles. The van der Waals surface area contributed by atoms with E-state index in [1.807, 2.05) is 4.90 Å². The molecular formula is C19H24ClNO5S. The van der Waals surface area contributed by atoms with E-state index in [0.29, 0.717) is 12.5 Å². The summed E-state index contributed by atoms with van der Waals surface area (Å²) in [6.07, 6.45) is 7.68. The van der Waals surface area contributed by atoms with E-state index >= 15 is 0 Å². The molecule has 2 aliphatic rings. The normalized spacial score (nSPS) is 22.8. The van der Waals surface area contributed by atoms with Crippen LogP contribution < -0.4 is 0 Å². The number of halogens is 1. The Morgan fingerprint density at radius 2 is 1.89 bits per heavy atom. The fourth-order valence-corrected chi connectivity index (χ4v) is 4.96. The number of benzene rings is 1. The minimum Gasteiger partial charge on any atom is -0.452 e. The summed E-state index contributed by atoms with van der Waals surface area (Å²) in [4.78, 5) is 26.8. The predicted octanol–water partition coefficient (Wildman–Crippen LogP) is 3.08. The van der Waals surface area contributed by atoms with Crippen LogP contribution in [0, 0.1) is 5.92 Å². The van der Waals surface area contributed by atoms with Crippen molar-refractivity contribution in [1.82, 2.24) is 4.90 Å². The summed E-state index contributed by atoms with van der Waals surface area (Å²) < 4.78 is 28.5. The number of esters is 1. The van der Waals surface area contributed by atoms with Gasteiger partial charge in [-0.25, -0.2) is 13.2 Å². The molecule has 0 radical (unpaired) electrons. The molecular weight excluding hydrogens is 390 g/mol. The molecule has 2 atom stereocenters. The van der Waals surface area contributed by atoms with Crippen molar-refractivity contribution in [2.24, 2.45) is 5.92 Å². The molecule has 0 N–H and O–H groups in total. The van der Waals surface area contributed by atoms with Gasteiger partial charge in [0.05, 0.1) is 15.5 Å². The Balaban J connectivity index is 1.66. The first kappa shape index (κ1) is 20.1. The first-order valence-electron chi connectivity index (χ1n) is 9.23. The van der Waals surface area contributed by atoms with Crippen molar-refractivity contribution in [1.29, 1.82) is 0 Å². The Kier molecular flexibility index (Phi) is 6.11. The number of nitrogens with zero attached hydrogens (tertiary/aromatic N) is 1. The summed E-state index contributed by atoms with van der Waals surface area (Å²) in [6.45, 7) is 0.337. The Morgan fingerprint density at radius 1 is 1.19 bits per heavy atom. The first-order valence-corrected chi connectivity index (χ1v) is 11.5. The van der Waals surface area contributed by atoms with Crippen LogP contribution in [-0.4, -0.2) is 50.6 Å². The van der Waals surface area contributed by atoms with Crippen molar-refractivity contribution in [2.45, 2.75) is 49.5 Å². The van der Waals surface area contributed by atoms with Gasteiger partial charge in [-0.15, -0.1) is 0 Å². The van der Waals surface area contributed by atoms with Crippen LogP contribution in [0.5, 0.6) is 0 Å². The van der Waals surface area contributed by atoms with Gasteiger partial charge in [-0.3, -0.25) is 4.79 Å². The topological polar surface area (TPSA) is 80.7 Å². The number of sulfone groups is 1. The van der Waals surface area contributed by atoms with E-state index in [1.165, 1.54) is 24.6 Å². The Morgan fingerprint density at radius 3 is 2.63 bits per heavy atom. The highest BCUT2D eigenvalue weighted by atomic mass is 35.5. The Labute approximate surface area is 164 Å². The van der Waals surface area contributed by atoms with Gasteiger partial charge in [-0.2, -0.15) is 0 Å². The highest BCUT2D eigenvalue weighted by Crippen LogP contribution is 2.35. The van der Waals surface area contributed by atoms with Crippen LogP contribution >= 0.6 is 11.6 Å². The predicted molar refractivity (Wildman–Crippen MR) is 102 cm³/mol. The minimum atomic E-state index is -3.48. The van der Waals surface area contributed by atoms with Crippen LogP contribution in [0.2, 0.25) is 5.02 Å². The average Bonchev–Trinajstić information content (AvgIpc) is 2.64. The van der Waals surface area contributed by atoms with Gasteiger partial charge in [0.2, 0.25) is 0 Å². The zero-order valence-electron chi connectivity index (χ0n) is 15.3. The lowest BCUT2D eigenvalue weighted by molar-refractivity contribution is -0.140. The number of carbonyl (C=O) groups excluding carboxylic acids is 2. The number of likely N-dealkylation sites (tertiary alicyclic amines) is 1. The summed E-state index contributed by atoms with van der Waals surface area (Å²) >= 11 is 6.01. The third-order valence-corrected chi connectivity index (χ3v) is 6.92. The van der Waals surface area contributed by atoms with E-state index in [-0.39, 0.29) is 34.0 Å². The molecule has 148 valence electrons. The maximum atomic E-state index is 12.6. The number of carbonyl (C=O) groups is 2. The van der Waals surface area contributed by atoms with Gasteiger partial charge < -0.3 is 9.64 Å². The molecule has 1 saturated heterocycles. The van der Waals surface area contributed by atoms with Crippen LogP contribution in [0.4, 0.5) is 0 Å². The number of ether oxygens (including phenoxy) is 1. The lowest BCUT2D eigenvalue weighted by Crippen LogP contribution is -2.50. The number of fused-ring (bicyclic) bond motifs is 1. The minimum absolute atomic E-state index is 0.0220. The summed E-state index contributed by atoms with van der Waals surface area (Å²) in [5, 5.41) is 0.0881. The van der Waals surface area contributed by atoms with Gasteiger partial charge in [-0.05, 0) is 49.8 Å². The van der Waals surface area contributed by atoms with E-state index in [9.17, 15) is 18.0 Å². The van der Waals surface area contributed by atoms with Crippen LogP contribution in [0.3, 0.4) is 0 Å². The van der Waals surface area contributed by atoms with Crippen LogP contribution in [0.15, 0.2) is 23.1 Å². The molecule has 1 aliphatic carbocycles. The standard InChI is InChI=1S/C19H24ClNO5S/c1-27(24,25)14-8-9-16(20)15(11-14)19(23)26-12-18(22)21-10-4-6-13-5-2-3-7-17(13)21/h8-9,11,13,17H,2-7,10,12H2,1H3/t13-,17-/m1/s1. The van der Waals surface area contributed by atoms with Gasteiger partial charge >= 0.3 is 5.97 Å². The Hall–Kier alpha value is -1.60. The molecule has 1 aromatic carbocycles. The third kappa shape index (κ3) is 4.63. The molecule has 0 bridgehead atoms. The number of hydrogen-bond acceptors (Lipinski definition) is 5. The van der Waals surface area contributed by atoms with Crippen LogP contribution in [0.25, 0.3) is 0 Å². The second-order valence-corrected chi connectivity index (χ2v) is 9.75. The van der Waals surface area contributed by atoms with E-state index < -0.39 is 15.8 Å². The van der Waals surface area contributed by atoms with Crippen molar-refractivity contribution in [3.63, 3.8) is 0 Å². The molecule has 8 heteroatoms. The van der Waals surface area contributed by atoms with Crippen molar-refractivity contribution >= 4 is 33.3 Å².